The SMILES string of the molecule is Cc1cc2oc(=O)cc(COC(=O)C3Cc4ccccc4CN3S(C)(=O)=O)c2cc1Cl. The number of rotatable bonds is 4. The molecule has 2 heterocycles. The van der Waals surface area contributed by atoms with Crippen molar-refractivity contribution in [2.45, 2.75) is 32.5 Å². The minimum atomic E-state index is -3.65. The molecule has 0 amide bonds. The zero-order valence-corrected chi connectivity index (χ0v) is 18.5. The lowest BCUT2D eigenvalue weighted by Crippen LogP contribution is -2.48. The lowest BCUT2D eigenvalue weighted by atomic mass is 9.96. The summed E-state index contributed by atoms with van der Waals surface area (Å²) in [6.07, 6.45) is 1.28. The molecule has 0 radical (unpaired) electrons. The first-order valence-electron chi connectivity index (χ1n) is 9.56. The molecule has 0 N–H and O–H groups in total. The summed E-state index contributed by atoms with van der Waals surface area (Å²) >= 11 is 6.20. The van der Waals surface area contributed by atoms with E-state index in [0.717, 1.165) is 27.3 Å². The van der Waals surface area contributed by atoms with E-state index in [-0.39, 0.29) is 19.6 Å². The maximum absolute atomic E-state index is 12.9. The topological polar surface area (TPSA) is 93.9 Å². The van der Waals surface area contributed by atoms with Gasteiger partial charge in [0.1, 0.15) is 18.2 Å². The Morgan fingerprint density at radius 3 is 2.65 bits per heavy atom. The van der Waals surface area contributed by atoms with Crippen LogP contribution in [0.3, 0.4) is 0 Å². The van der Waals surface area contributed by atoms with E-state index >= 15 is 0 Å². The standard InChI is InChI=1S/C22H20ClNO6S/c1-13-7-20-17(10-18(13)23)16(9-21(25)30-20)12-29-22(26)19-8-14-5-3-4-6-15(14)11-24(19)31(2,27)28/h3-7,9-10,19H,8,11-12H2,1-2H3. The molecular formula is C22H20ClNO6S. The maximum atomic E-state index is 12.9. The highest BCUT2D eigenvalue weighted by Crippen LogP contribution is 2.28. The average Bonchev–Trinajstić information content (AvgIpc) is 2.71. The summed E-state index contributed by atoms with van der Waals surface area (Å²) in [4.78, 5) is 24.9. The molecule has 0 bridgehead atoms. The van der Waals surface area contributed by atoms with Crippen LogP contribution >= 0.6 is 11.6 Å². The molecule has 3 aromatic rings. The highest BCUT2D eigenvalue weighted by Gasteiger charge is 2.37. The van der Waals surface area contributed by atoms with Gasteiger partial charge in [0.25, 0.3) is 0 Å². The van der Waals surface area contributed by atoms with E-state index in [9.17, 15) is 18.0 Å². The van der Waals surface area contributed by atoms with Crippen LogP contribution in [0.4, 0.5) is 0 Å². The van der Waals surface area contributed by atoms with Crippen LogP contribution in [0.25, 0.3) is 11.0 Å². The van der Waals surface area contributed by atoms with Gasteiger partial charge in [-0.1, -0.05) is 35.9 Å². The number of aryl methyl sites for hydroxylation is 1. The van der Waals surface area contributed by atoms with Gasteiger partial charge in [0.05, 0.1) is 6.26 Å². The van der Waals surface area contributed by atoms with Gasteiger partial charge in [-0.05, 0) is 35.7 Å². The summed E-state index contributed by atoms with van der Waals surface area (Å²) in [5.74, 6) is -0.681. The first-order valence-corrected chi connectivity index (χ1v) is 11.8. The van der Waals surface area contributed by atoms with E-state index in [1.54, 1.807) is 19.1 Å². The van der Waals surface area contributed by atoms with Crippen molar-refractivity contribution in [1.29, 1.82) is 0 Å². The van der Waals surface area contributed by atoms with Crippen LogP contribution in [0.5, 0.6) is 0 Å². The Labute approximate surface area is 184 Å². The van der Waals surface area contributed by atoms with Gasteiger partial charge in [-0.25, -0.2) is 13.2 Å². The van der Waals surface area contributed by atoms with Crippen LogP contribution in [0, 0.1) is 6.92 Å². The number of halogens is 1. The number of hydrogen-bond donors (Lipinski definition) is 0. The van der Waals surface area contributed by atoms with Crippen molar-refractivity contribution in [1.82, 2.24) is 4.31 Å². The number of fused-ring (bicyclic) bond motifs is 2. The third-order valence-electron chi connectivity index (χ3n) is 5.38. The smallest absolute Gasteiger partial charge is 0.336 e. The molecule has 0 spiro atoms. The molecule has 1 aliphatic rings. The molecule has 1 aliphatic heterocycles. The number of benzene rings is 2. The third-order valence-corrected chi connectivity index (χ3v) is 7.03. The van der Waals surface area contributed by atoms with Crippen LogP contribution in [-0.4, -0.2) is 31.0 Å². The summed E-state index contributed by atoms with van der Waals surface area (Å²) in [6, 6.07) is 10.9. The molecule has 1 atom stereocenters. The maximum Gasteiger partial charge on any atom is 0.336 e. The Morgan fingerprint density at radius 1 is 1.23 bits per heavy atom. The van der Waals surface area contributed by atoms with E-state index in [1.165, 1.54) is 6.07 Å². The van der Waals surface area contributed by atoms with Gasteiger partial charge in [0.15, 0.2) is 0 Å². The van der Waals surface area contributed by atoms with Crippen LogP contribution in [0.1, 0.15) is 22.3 Å². The van der Waals surface area contributed by atoms with Crippen LogP contribution < -0.4 is 5.63 Å². The normalized spacial score (nSPS) is 16.8. The molecule has 162 valence electrons. The van der Waals surface area contributed by atoms with Crippen molar-refractivity contribution in [3.05, 3.63) is 80.2 Å². The number of carbonyl (C=O) groups excluding carboxylic acids is 1. The summed E-state index contributed by atoms with van der Waals surface area (Å²) in [6.45, 7) is 1.67. The molecule has 7 nitrogen and oxygen atoms in total. The fourth-order valence-electron chi connectivity index (χ4n) is 3.76. The fourth-order valence-corrected chi connectivity index (χ4v) is 4.92. The Morgan fingerprint density at radius 2 is 1.94 bits per heavy atom. The number of hydrogen-bond acceptors (Lipinski definition) is 6. The van der Waals surface area contributed by atoms with Crippen molar-refractivity contribution in [2.75, 3.05) is 6.26 Å². The monoisotopic (exact) mass is 461 g/mol. The van der Waals surface area contributed by atoms with Crippen molar-refractivity contribution in [3.8, 4) is 0 Å². The molecule has 0 fully saturated rings. The molecule has 4 rings (SSSR count). The Balaban J connectivity index is 1.62. The first kappa shape index (κ1) is 21.5. The van der Waals surface area contributed by atoms with E-state index in [4.69, 9.17) is 20.8 Å². The molecule has 1 aromatic heterocycles. The molecule has 1 unspecified atom stereocenters. The van der Waals surface area contributed by atoms with Gasteiger partial charge in [0, 0.05) is 35.0 Å². The summed E-state index contributed by atoms with van der Waals surface area (Å²) in [5.41, 5.74) is 2.69. The third kappa shape index (κ3) is 4.37. The quantitative estimate of drug-likeness (QED) is 0.437. The Bertz CT molecular complexity index is 1350. The second-order valence-electron chi connectivity index (χ2n) is 7.59. The highest BCUT2D eigenvalue weighted by atomic mass is 35.5. The number of nitrogens with zero attached hydrogens (tertiary/aromatic N) is 1. The van der Waals surface area contributed by atoms with Crippen molar-refractivity contribution in [3.63, 3.8) is 0 Å². The van der Waals surface area contributed by atoms with Crippen molar-refractivity contribution in [2.24, 2.45) is 0 Å². The van der Waals surface area contributed by atoms with Gasteiger partial charge in [-0.3, -0.25) is 4.79 Å². The predicted molar refractivity (Wildman–Crippen MR) is 116 cm³/mol. The number of sulfonamides is 1. The van der Waals surface area contributed by atoms with Crippen LogP contribution in [0.15, 0.2) is 51.7 Å². The second-order valence-corrected chi connectivity index (χ2v) is 9.94. The van der Waals surface area contributed by atoms with E-state index in [2.05, 4.69) is 0 Å². The second kappa shape index (κ2) is 8.11. The fraction of sp³-hybridized carbons (Fsp3) is 0.273. The van der Waals surface area contributed by atoms with Crippen molar-refractivity contribution >= 4 is 38.6 Å². The molecule has 0 saturated heterocycles. The lowest BCUT2D eigenvalue weighted by molar-refractivity contribution is -0.150. The highest BCUT2D eigenvalue weighted by molar-refractivity contribution is 7.88. The largest absolute Gasteiger partial charge is 0.460 e. The molecule has 9 heteroatoms. The van der Waals surface area contributed by atoms with Gasteiger partial charge < -0.3 is 9.15 Å². The summed E-state index contributed by atoms with van der Waals surface area (Å²) in [7, 11) is -3.65. The molecule has 2 aromatic carbocycles. The number of ether oxygens (including phenoxy) is 1. The molecular weight excluding hydrogens is 442 g/mol. The zero-order chi connectivity index (χ0) is 22.3. The minimum absolute atomic E-state index is 0.0987. The predicted octanol–water partition coefficient (Wildman–Crippen LogP) is 3.18. The van der Waals surface area contributed by atoms with E-state index in [0.29, 0.717) is 21.6 Å². The first-order chi connectivity index (χ1) is 14.6. The Hall–Kier alpha value is -2.68. The van der Waals surface area contributed by atoms with Gasteiger partial charge in [0.2, 0.25) is 10.0 Å². The van der Waals surface area contributed by atoms with Gasteiger partial charge in [-0.2, -0.15) is 4.31 Å². The molecule has 0 saturated carbocycles. The average molecular weight is 462 g/mol. The Kier molecular flexibility index (Phi) is 5.63. The van der Waals surface area contributed by atoms with E-state index < -0.39 is 27.7 Å². The van der Waals surface area contributed by atoms with Crippen LogP contribution in [-0.2, 0) is 39.1 Å². The van der Waals surface area contributed by atoms with Crippen molar-refractivity contribution < 1.29 is 22.4 Å². The van der Waals surface area contributed by atoms with Gasteiger partial charge in [-0.15, -0.1) is 0 Å². The molecule has 0 aliphatic carbocycles. The number of carbonyl (C=O) groups is 1. The van der Waals surface area contributed by atoms with Gasteiger partial charge >= 0.3 is 11.6 Å². The minimum Gasteiger partial charge on any atom is -0.460 e. The summed E-state index contributed by atoms with van der Waals surface area (Å²) in [5, 5.41) is 1.04. The summed E-state index contributed by atoms with van der Waals surface area (Å²) < 4.78 is 36.5. The lowest BCUT2D eigenvalue weighted by Gasteiger charge is -2.33. The zero-order valence-electron chi connectivity index (χ0n) is 16.9. The number of esters is 1. The van der Waals surface area contributed by atoms with E-state index in [1.807, 2.05) is 24.3 Å². The molecule has 31 heavy (non-hydrogen) atoms. The van der Waals surface area contributed by atoms with Crippen LogP contribution in [0.2, 0.25) is 5.02 Å².